The first-order chi connectivity index (χ1) is 8.91. The predicted octanol–water partition coefficient (Wildman–Crippen LogP) is 3.12. The van der Waals surface area contributed by atoms with Gasteiger partial charge in [-0.05, 0) is 32.9 Å². The largest absolute Gasteiger partial charge is 0.393 e. The van der Waals surface area contributed by atoms with Gasteiger partial charge in [-0.1, -0.05) is 35.3 Å². The van der Waals surface area contributed by atoms with Gasteiger partial charge >= 0.3 is 0 Å². The van der Waals surface area contributed by atoms with E-state index in [1.165, 1.54) is 0 Å². The fraction of sp³-hybridized carbons (Fsp3) is 0.571. The normalized spacial score (nSPS) is 14.7. The molecule has 0 fully saturated rings. The lowest BCUT2D eigenvalue weighted by molar-refractivity contribution is 0.136. The van der Waals surface area contributed by atoms with Crippen molar-refractivity contribution in [2.24, 2.45) is 0 Å². The second-order valence-electron chi connectivity index (χ2n) is 4.89. The Labute approximate surface area is 124 Å². The van der Waals surface area contributed by atoms with Gasteiger partial charge in [-0.3, -0.25) is 0 Å². The van der Waals surface area contributed by atoms with Crippen LogP contribution in [0.15, 0.2) is 18.2 Å². The minimum atomic E-state index is -0.625. The minimum Gasteiger partial charge on any atom is -0.393 e. The predicted molar refractivity (Wildman–Crippen MR) is 79.8 cm³/mol. The molecule has 0 saturated carbocycles. The van der Waals surface area contributed by atoms with Gasteiger partial charge in [-0.15, -0.1) is 0 Å². The summed E-state index contributed by atoms with van der Waals surface area (Å²) in [5, 5.41) is 20.2. The second-order valence-corrected chi connectivity index (χ2v) is 5.67. The van der Waals surface area contributed by atoms with Crippen molar-refractivity contribution in [1.82, 2.24) is 4.90 Å². The highest BCUT2D eigenvalue weighted by atomic mass is 35.5. The fourth-order valence-corrected chi connectivity index (χ4v) is 2.23. The maximum absolute atomic E-state index is 10.1. The molecule has 5 heteroatoms. The number of rotatable bonds is 7. The van der Waals surface area contributed by atoms with E-state index >= 15 is 0 Å². The summed E-state index contributed by atoms with van der Waals surface area (Å²) in [7, 11) is 1.97. The fourth-order valence-electron chi connectivity index (χ4n) is 1.80. The van der Waals surface area contributed by atoms with Crippen LogP contribution in [-0.4, -0.2) is 41.4 Å². The van der Waals surface area contributed by atoms with Gasteiger partial charge < -0.3 is 15.1 Å². The van der Waals surface area contributed by atoms with Crippen molar-refractivity contribution in [1.29, 1.82) is 0 Å². The summed E-state index contributed by atoms with van der Waals surface area (Å²) in [4.78, 5) is 2.08. The van der Waals surface area contributed by atoms with Crippen molar-refractivity contribution in [3.8, 4) is 0 Å². The lowest BCUT2D eigenvalue weighted by Crippen LogP contribution is -2.24. The van der Waals surface area contributed by atoms with Gasteiger partial charge in [0, 0.05) is 18.7 Å². The maximum atomic E-state index is 10.1. The molecular formula is C14H21Cl2NO2. The quantitative estimate of drug-likeness (QED) is 0.813. The van der Waals surface area contributed by atoms with E-state index in [1.807, 2.05) is 7.05 Å². The van der Waals surface area contributed by atoms with Crippen LogP contribution in [0, 0.1) is 0 Å². The Kier molecular flexibility index (Phi) is 7.11. The molecule has 0 aliphatic carbocycles. The Morgan fingerprint density at radius 1 is 1.16 bits per heavy atom. The van der Waals surface area contributed by atoms with Crippen LogP contribution in [0.4, 0.5) is 0 Å². The molecule has 0 aliphatic heterocycles. The third-order valence-electron chi connectivity index (χ3n) is 3.05. The summed E-state index contributed by atoms with van der Waals surface area (Å²) < 4.78 is 0. The smallest absolute Gasteiger partial charge is 0.0817 e. The monoisotopic (exact) mass is 305 g/mol. The van der Waals surface area contributed by atoms with Crippen molar-refractivity contribution in [2.45, 2.75) is 32.0 Å². The molecule has 0 spiro atoms. The zero-order valence-electron chi connectivity index (χ0n) is 11.3. The molecule has 3 nitrogen and oxygen atoms in total. The molecule has 1 aromatic carbocycles. The van der Waals surface area contributed by atoms with Gasteiger partial charge in [0.25, 0.3) is 0 Å². The van der Waals surface area contributed by atoms with Gasteiger partial charge in [-0.2, -0.15) is 0 Å². The van der Waals surface area contributed by atoms with Crippen LogP contribution in [0.1, 0.15) is 31.4 Å². The maximum Gasteiger partial charge on any atom is 0.0817 e. The molecule has 19 heavy (non-hydrogen) atoms. The van der Waals surface area contributed by atoms with Crippen molar-refractivity contribution in [2.75, 3.05) is 20.1 Å². The van der Waals surface area contributed by atoms with E-state index in [2.05, 4.69) is 4.90 Å². The Morgan fingerprint density at radius 3 is 2.42 bits per heavy atom. The summed E-state index contributed by atoms with van der Waals surface area (Å²) in [6.07, 6.45) is 0.385. The van der Waals surface area contributed by atoms with Crippen molar-refractivity contribution < 1.29 is 10.2 Å². The van der Waals surface area contributed by atoms with E-state index in [0.717, 1.165) is 19.5 Å². The molecule has 1 rings (SSSR count). The van der Waals surface area contributed by atoms with Gasteiger partial charge in [0.05, 0.1) is 22.3 Å². The highest BCUT2D eigenvalue weighted by Gasteiger charge is 2.14. The average molecular weight is 306 g/mol. The molecule has 0 radical (unpaired) electrons. The second kappa shape index (κ2) is 8.08. The van der Waals surface area contributed by atoms with Crippen LogP contribution in [0.25, 0.3) is 0 Å². The summed E-state index contributed by atoms with van der Waals surface area (Å²) in [6, 6.07) is 5.27. The molecule has 0 aliphatic rings. The summed E-state index contributed by atoms with van der Waals surface area (Å²) in [6.45, 7) is 3.30. The van der Waals surface area contributed by atoms with Crippen LogP contribution in [-0.2, 0) is 0 Å². The molecule has 2 unspecified atom stereocenters. The van der Waals surface area contributed by atoms with Crippen LogP contribution < -0.4 is 0 Å². The van der Waals surface area contributed by atoms with Crippen LogP contribution >= 0.6 is 23.2 Å². The van der Waals surface area contributed by atoms with Crippen molar-refractivity contribution >= 4 is 23.2 Å². The Hall–Kier alpha value is -0.320. The van der Waals surface area contributed by atoms with Crippen molar-refractivity contribution in [3.63, 3.8) is 0 Å². The van der Waals surface area contributed by atoms with E-state index in [1.54, 1.807) is 25.1 Å². The molecule has 108 valence electrons. The number of aliphatic hydroxyl groups excluding tert-OH is 2. The van der Waals surface area contributed by atoms with Gasteiger partial charge in [0.15, 0.2) is 0 Å². The number of benzene rings is 1. The number of hydrogen-bond acceptors (Lipinski definition) is 3. The highest BCUT2D eigenvalue weighted by molar-refractivity contribution is 6.42. The van der Waals surface area contributed by atoms with Crippen LogP contribution in [0.2, 0.25) is 10.0 Å². The SMILES string of the molecule is CC(O)CCN(C)CCC(O)c1cccc(Cl)c1Cl. The third kappa shape index (κ3) is 5.67. The van der Waals surface area contributed by atoms with E-state index in [4.69, 9.17) is 23.2 Å². The first-order valence-corrected chi connectivity index (χ1v) is 7.16. The van der Waals surface area contributed by atoms with Crippen LogP contribution in [0.5, 0.6) is 0 Å². The van der Waals surface area contributed by atoms with Crippen molar-refractivity contribution in [3.05, 3.63) is 33.8 Å². The Bertz CT molecular complexity index is 399. The number of nitrogens with zero attached hydrogens (tertiary/aromatic N) is 1. The standard InChI is InChI=1S/C14H21Cl2NO2/c1-10(18)6-8-17(2)9-7-13(19)11-4-3-5-12(15)14(11)16/h3-5,10,13,18-19H,6-9H2,1-2H3. The molecule has 0 amide bonds. The Balaban J connectivity index is 2.47. The molecule has 0 saturated heterocycles. The lowest BCUT2D eigenvalue weighted by Gasteiger charge is -2.20. The van der Waals surface area contributed by atoms with E-state index in [9.17, 15) is 10.2 Å². The molecule has 2 atom stereocenters. The van der Waals surface area contributed by atoms with E-state index in [0.29, 0.717) is 22.0 Å². The van der Waals surface area contributed by atoms with E-state index in [-0.39, 0.29) is 6.10 Å². The third-order valence-corrected chi connectivity index (χ3v) is 3.89. The van der Waals surface area contributed by atoms with Gasteiger partial charge in [0.1, 0.15) is 0 Å². The number of halogens is 2. The van der Waals surface area contributed by atoms with Crippen LogP contribution in [0.3, 0.4) is 0 Å². The zero-order chi connectivity index (χ0) is 14.4. The first-order valence-electron chi connectivity index (χ1n) is 6.40. The summed E-state index contributed by atoms with van der Waals surface area (Å²) in [5.41, 5.74) is 0.665. The molecule has 0 aromatic heterocycles. The zero-order valence-corrected chi connectivity index (χ0v) is 12.8. The number of aliphatic hydroxyl groups is 2. The molecule has 2 N–H and O–H groups in total. The summed E-state index contributed by atoms with van der Waals surface area (Å²) in [5.74, 6) is 0. The van der Waals surface area contributed by atoms with E-state index < -0.39 is 6.10 Å². The topological polar surface area (TPSA) is 43.7 Å². The average Bonchev–Trinajstić information content (AvgIpc) is 2.36. The minimum absolute atomic E-state index is 0.297. The van der Waals surface area contributed by atoms with Gasteiger partial charge in [-0.25, -0.2) is 0 Å². The van der Waals surface area contributed by atoms with Gasteiger partial charge in [0.2, 0.25) is 0 Å². The first kappa shape index (κ1) is 16.7. The molecule has 0 heterocycles. The lowest BCUT2D eigenvalue weighted by atomic mass is 10.1. The summed E-state index contributed by atoms with van der Waals surface area (Å²) >= 11 is 12.0. The molecule has 0 bridgehead atoms. The highest BCUT2D eigenvalue weighted by Crippen LogP contribution is 2.31. The molecule has 1 aromatic rings. The Morgan fingerprint density at radius 2 is 1.79 bits per heavy atom. The molecular weight excluding hydrogens is 285 g/mol. The number of hydrogen-bond donors (Lipinski definition) is 2.